The first-order valence-corrected chi connectivity index (χ1v) is 5.70. The van der Waals surface area contributed by atoms with E-state index in [2.05, 4.69) is 42.7 Å². The molecule has 0 spiro atoms. The van der Waals surface area contributed by atoms with Crippen LogP contribution in [0.3, 0.4) is 0 Å². The number of nitrogens with two attached hydrogens (primary N) is 1. The molecule has 0 radical (unpaired) electrons. The van der Waals surface area contributed by atoms with E-state index in [-0.39, 0.29) is 0 Å². The van der Waals surface area contributed by atoms with Gasteiger partial charge in [0.15, 0.2) is 5.65 Å². The molecule has 0 aliphatic heterocycles. The van der Waals surface area contributed by atoms with Gasteiger partial charge in [0.25, 0.3) is 0 Å². The number of hydrogen-bond donors (Lipinski definition) is 4. The Kier molecular flexibility index (Phi) is 3.58. The third kappa shape index (κ3) is 2.49. The Morgan fingerprint density at radius 2 is 2.22 bits per heavy atom. The zero-order valence-electron chi connectivity index (χ0n) is 10.7. The highest BCUT2D eigenvalue weighted by atomic mass is 15.3. The first-order chi connectivity index (χ1) is 8.61. The van der Waals surface area contributed by atoms with Crippen molar-refractivity contribution in [1.29, 1.82) is 0 Å². The van der Waals surface area contributed by atoms with E-state index in [4.69, 9.17) is 5.84 Å². The maximum atomic E-state index is 5.34. The summed E-state index contributed by atoms with van der Waals surface area (Å²) in [5, 5.41) is 10.9. The minimum absolute atomic E-state index is 0.353. The number of fused-ring (bicyclic) bond motifs is 1. The lowest BCUT2D eigenvalue weighted by atomic mass is 10.3. The summed E-state index contributed by atoms with van der Waals surface area (Å²) in [6.07, 6.45) is 1.69. The third-order valence-electron chi connectivity index (χ3n) is 2.89. The van der Waals surface area contributed by atoms with Crippen LogP contribution in [-0.2, 0) is 0 Å². The zero-order valence-corrected chi connectivity index (χ0v) is 10.7. The number of H-pyrrole nitrogens is 1. The van der Waals surface area contributed by atoms with Crippen LogP contribution in [-0.4, -0.2) is 51.7 Å². The molecule has 8 nitrogen and oxygen atoms in total. The largest absolute Gasteiger partial charge is 0.368 e. The molecule has 2 aromatic heterocycles. The molecule has 98 valence electrons. The van der Waals surface area contributed by atoms with Gasteiger partial charge in [0.2, 0.25) is 5.95 Å². The van der Waals surface area contributed by atoms with Crippen LogP contribution in [0.1, 0.15) is 6.92 Å². The van der Waals surface area contributed by atoms with Crippen molar-refractivity contribution in [2.75, 3.05) is 31.4 Å². The molecule has 0 aromatic carbocycles. The van der Waals surface area contributed by atoms with E-state index in [9.17, 15) is 0 Å². The number of likely N-dealkylation sites (N-methyl/N-ethyl adjacent to an activating group) is 1. The Balaban J connectivity index is 2.23. The molecule has 18 heavy (non-hydrogen) atoms. The summed E-state index contributed by atoms with van der Waals surface area (Å²) >= 11 is 0. The molecule has 0 aliphatic carbocycles. The lowest BCUT2D eigenvalue weighted by Crippen LogP contribution is -2.31. The van der Waals surface area contributed by atoms with Gasteiger partial charge in [-0.1, -0.05) is 0 Å². The fourth-order valence-corrected chi connectivity index (χ4v) is 1.46. The average Bonchev–Trinajstić information content (AvgIpc) is 2.83. The average molecular weight is 250 g/mol. The molecule has 0 fully saturated rings. The number of rotatable bonds is 5. The van der Waals surface area contributed by atoms with E-state index >= 15 is 0 Å². The van der Waals surface area contributed by atoms with Crippen LogP contribution in [0, 0.1) is 0 Å². The zero-order chi connectivity index (χ0) is 13.1. The maximum Gasteiger partial charge on any atom is 0.241 e. The van der Waals surface area contributed by atoms with Gasteiger partial charge in [0, 0.05) is 12.6 Å². The molecule has 1 atom stereocenters. The molecular formula is C10H18N8. The number of nitrogens with one attached hydrogen (secondary N) is 3. The lowest BCUT2D eigenvalue weighted by Gasteiger charge is -2.20. The maximum absolute atomic E-state index is 5.34. The fourth-order valence-electron chi connectivity index (χ4n) is 1.46. The van der Waals surface area contributed by atoms with Gasteiger partial charge >= 0.3 is 0 Å². The molecule has 5 N–H and O–H groups in total. The Morgan fingerprint density at radius 3 is 2.89 bits per heavy atom. The van der Waals surface area contributed by atoms with Crippen molar-refractivity contribution >= 4 is 22.8 Å². The number of hydrazine groups is 1. The second kappa shape index (κ2) is 5.15. The van der Waals surface area contributed by atoms with Crippen LogP contribution in [0.25, 0.3) is 11.0 Å². The van der Waals surface area contributed by atoms with Gasteiger partial charge in [-0.15, -0.1) is 0 Å². The molecule has 0 bridgehead atoms. The Labute approximate surface area is 105 Å². The Bertz CT molecular complexity index is 520. The number of nitrogen functional groups attached to an aromatic ring is 1. The normalized spacial score (nSPS) is 12.9. The summed E-state index contributed by atoms with van der Waals surface area (Å²) in [6, 6.07) is 0.385. The molecule has 0 saturated carbocycles. The van der Waals surface area contributed by atoms with Crippen molar-refractivity contribution < 1.29 is 0 Å². The molecule has 0 amide bonds. The standard InChI is InChI=1S/C10H18N8/c1-6(18(2)3)4-12-8-7-5-13-17-9(7)15-10(14-8)16-11/h5-6H,4,11H2,1-3H3,(H3,12,13,14,15,16,17). The smallest absolute Gasteiger partial charge is 0.241 e. The van der Waals surface area contributed by atoms with Crippen LogP contribution < -0.4 is 16.6 Å². The number of aromatic nitrogens is 4. The van der Waals surface area contributed by atoms with Gasteiger partial charge in [0.05, 0.1) is 11.6 Å². The summed E-state index contributed by atoms with van der Waals surface area (Å²) < 4.78 is 0. The number of nitrogens with zero attached hydrogens (tertiary/aromatic N) is 4. The highest BCUT2D eigenvalue weighted by Gasteiger charge is 2.10. The van der Waals surface area contributed by atoms with Crippen LogP contribution in [0.15, 0.2) is 6.20 Å². The first kappa shape index (κ1) is 12.5. The Hall–Kier alpha value is -1.93. The van der Waals surface area contributed by atoms with Crippen LogP contribution in [0.2, 0.25) is 0 Å². The van der Waals surface area contributed by atoms with Crippen LogP contribution >= 0.6 is 0 Å². The van der Waals surface area contributed by atoms with Crippen molar-refractivity contribution in [3.63, 3.8) is 0 Å². The van der Waals surface area contributed by atoms with Crippen molar-refractivity contribution in [3.05, 3.63) is 6.20 Å². The van der Waals surface area contributed by atoms with Gasteiger partial charge in [-0.25, -0.2) is 5.84 Å². The van der Waals surface area contributed by atoms with Crippen molar-refractivity contribution in [2.24, 2.45) is 5.84 Å². The Morgan fingerprint density at radius 1 is 1.44 bits per heavy atom. The summed E-state index contributed by atoms with van der Waals surface area (Å²) in [5.41, 5.74) is 3.09. The van der Waals surface area contributed by atoms with Gasteiger partial charge in [-0.05, 0) is 21.0 Å². The van der Waals surface area contributed by atoms with E-state index in [1.54, 1.807) is 6.20 Å². The first-order valence-electron chi connectivity index (χ1n) is 5.70. The summed E-state index contributed by atoms with van der Waals surface area (Å²) in [7, 11) is 4.07. The SMILES string of the molecule is CC(CNc1nc(NN)nc2[nH]ncc12)N(C)C. The molecule has 8 heteroatoms. The molecule has 2 aromatic rings. The third-order valence-corrected chi connectivity index (χ3v) is 2.89. The monoisotopic (exact) mass is 250 g/mol. The molecular weight excluding hydrogens is 232 g/mol. The molecule has 0 saturated heterocycles. The van der Waals surface area contributed by atoms with Crippen LogP contribution in [0.4, 0.5) is 11.8 Å². The van der Waals surface area contributed by atoms with Gasteiger partial charge in [-0.2, -0.15) is 15.1 Å². The molecule has 0 aliphatic rings. The number of aromatic amines is 1. The van der Waals surface area contributed by atoms with Gasteiger partial charge in [-0.3, -0.25) is 10.5 Å². The van der Waals surface area contributed by atoms with E-state index in [1.807, 2.05) is 14.1 Å². The summed E-state index contributed by atoms with van der Waals surface area (Å²) in [5.74, 6) is 6.41. The number of anilines is 2. The van der Waals surface area contributed by atoms with Crippen molar-refractivity contribution in [2.45, 2.75) is 13.0 Å². The van der Waals surface area contributed by atoms with Gasteiger partial charge < -0.3 is 10.2 Å². The second-order valence-electron chi connectivity index (χ2n) is 4.37. The predicted molar refractivity (Wildman–Crippen MR) is 71.1 cm³/mol. The quantitative estimate of drug-likeness (QED) is 0.437. The van der Waals surface area contributed by atoms with Crippen molar-refractivity contribution in [3.8, 4) is 0 Å². The van der Waals surface area contributed by atoms with E-state index in [1.165, 1.54) is 0 Å². The van der Waals surface area contributed by atoms with Gasteiger partial charge in [0.1, 0.15) is 5.82 Å². The van der Waals surface area contributed by atoms with Crippen molar-refractivity contribution in [1.82, 2.24) is 25.1 Å². The predicted octanol–water partition coefficient (Wildman–Crippen LogP) is 0.000500. The highest BCUT2D eigenvalue weighted by molar-refractivity contribution is 5.86. The van der Waals surface area contributed by atoms with E-state index in [0.29, 0.717) is 17.6 Å². The molecule has 2 heterocycles. The van der Waals surface area contributed by atoms with E-state index < -0.39 is 0 Å². The summed E-state index contributed by atoms with van der Waals surface area (Å²) in [6.45, 7) is 2.90. The lowest BCUT2D eigenvalue weighted by molar-refractivity contribution is 0.326. The minimum Gasteiger partial charge on any atom is -0.368 e. The molecule has 2 rings (SSSR count). The van der Waals surface area contributed by atoms with E-state index in [0.717, 1.165) is 17.7 Å². The van der Waals surface area contributed by atoms with Crippen LogP contribution in [0.5, 0.6) is 0 Å². The topological polar surface area (TPSA) is 108 Å². The fraction of sp³-hybridized carbons (Fsp3) is 0.500. The highest BCUT2D eigenvalue weighted by Crippen LogP contribution is 2.19. The molecule has 1 unspecified atom stereocenters. The summed E-state index contributed by atoms with van der Waals surface area (Å²) in [4.78, 5) is 10.6. The number of hydrogen-bond acceptors (Lipinski definition) is 7. The minimum atomic E-state index is 0.353. The second-order valence-corrected chi connectivity index (χ2v) is 4.37.